The molecule has 0 bridgehead atoms. The molecule has 1 N–H and O–H groups in total. The number of hydrogen-bond donors (Lipinski definition) is 1. The first kappa shape index (κ1) is 22.0. The van der Waals surface area contributed by atoms with Gasteiger partial charge in [-0.15, -0.1) is 0 Å². The Balaban J connectivity index is 1.92. The predicted molar refractivity (Wildman–Crippen MR) is 118 cm³/mol. The maximum absolute atomic E-state index is 13.6. The molecule has 3 aromatic rings. The van der Waals surface area contributed by atoms with Crippen LogP contribution in [0.5, 0.6) is 5.88 Å². The van der Waals surface area contributed by atoms with Crippen molar-refractivity contribution < 1.29 is 19.1 Å². The van der Waals surface area contributed by atoms with Crippen LogP contribution in [-0.2, 0) is 26.2 Å². The molecule has 1 atom stereocenters. The summed E-state index contributed by atoms with van der Waals surface area (Å²) in [5, 5.41) is 2.91. The first-order valence-electron chi connectivity index (χ1n) is 9.97. The summed E-state index contributed by atoms with van der Waals surface area (Å²) in [4.78, 5) is 30.3. The van der Waals surface area contributed by atoms with E-state index in [1.807, 2.05) is 73.7 Å². The van der Waals surface area contributed by atoms with Gasteiger partial charge in [0.25, 0.3) is 0 Å². The highest BCUT2D eigenvalue weighted by Crippen LogP contribution is 2.32. The van der Waals surface area contributed by atoms with Crippen molar-refractivity contribution in [3.63, 3.8) is 0 Å². The van der Waals surface area contributed by atoms with Crippen molar-refractivity contribution in [1.29, 1.82) is 0 Å². The van der Waals surface area contributed by atoms with E-state index in [1.54, 1.807) is 12.3 Å². The monoisotopic (exact) mass is 418 g/mol. The number of amides is 1. The Kier molecular flexibility index (Phi) is 7.03. The van der Waals surface area contributed by atoms with E-state index in [9.17, 15) is 9.59 Å². The van der Waals surface area contributed by atoms with E-state index < -0.39 is 17.4 Å². The first-order valence-corrected chi connectivity index (χ1v) is 9.97. The number of aromatic nitrogens is 1. The van der Waals surface area contributed by atoms with Gasteiger partial charge < -0.3 is 14.8 Å². The smallest absolute Gasteiger partial charge is 0.328 e. The van der Waals surface area contributed by atoms with Crippen LogP contribution in [0.3, 0.4) is 0 Å². The summed E-state index contributed by atoms with van der Waals surface area (Å²) in [6.07, 6.45) is 1.86. The predicted octanol–water partition coefficient (Wildman–Crippen LogP) is 3.30. The maximum Gasteiger partial charge on any atom is 0.328 e. The molecule has 1 aromatic heterocycles. The molecule has 2 aromatic carbocycles. The lowest BCUT2D eigenvalue weighted by atomic mass is 9.75. The second-order valence-corrected chi connectivity index (χ2v) is 7.32. The Bertz CT molecular complexity index is 965. The number of carbonyl (C=O) groups excluding carboxylic acids is 2. The standard InChI is InChI=1S/C25H26N2O4/c1-25(19-10-6-4-7-11-19,20-12-8-5-9-13-20)24(29)27-21(23(28)31-3)16-18-14-15-22(30-2)26-17-18/h4-15,17,21H,16H2,1-3H3,(H,27,29)/t21-/m1/s1. The quantitative estimate of drug-likeness (QED) is 0.568. The zero-order valence-electron chi connectivity index (χ0n) is 17.9. The molecule has 0 unspecified atom stereocenters. The number of hydrogen-bond acceptors (Lipinski definition) is 5. The molecule has 0 aliphatic carbocycles. The fourth-order valence-electron chi connectivity index (χ4n) is 3.50. The zero-order chi connectivity index (χ0) is 22.3. The Morgan fingerprint density at radius 2 is 1.52 bits per heavy atom. The number of pyridine rings is 1. The number of nitrogens with zero attached hydrogens (tertiary/aromatic N) is 1. The third-order valence-corrected chi connectivity index (χ3v) is 5.39. The average molecular weight is 418 g/mol. The van der Waals surface area contributed by atoms with E-state index in [2.05, 4.69) is 10.3 Å². The largest absolute Gasteiger partial charge is 0.481 e. The maximum atomic E-state index is 13.6. The highest BCUT2D eigenvalue weighted by molar-refractivity contribution is 5.94. The van der Waals surface area contributed by atoms with Crippen LogP contribution in [0.4, 0.5) is 0 Å². The van der Waals surface area contributed by atoms with Gasteiger partial charge in [-0.05, 0) is 23.6 Å². The molecular formula is C25H26N2O4. The molecule has 0 saturated carbocycles. The Morgan fingerprint density at radius 1 is 0.935 bits per heavy atom. The Labute approximate surface area is 182 Å². The van der Waals surface area contributed by atoms with Gasteiger partial charge in [0.1, 0.15) is 6.04 Å². The van der Waals surface area contributed by atoms with Crippen LogP contribution >= 0.6 is 0 Å². The molecule has 0 fully saturated rings. The molecule has 1 amide bonds. The van der Waals surface area contributed by atoms with Crippen LogP contribution < -0.4 is 10.1 Å². The molecule has 3 rings (SSSR count). The summed E-state index contributed by atoms with van der Waals surface area (Å²) < 4.78 is 10.0. The van der Waals surface area contributed by atoms with Gasteiger partial charge in [-0.25, -0.2) is 9.78 Å². The zero-order valence-corrected chi connectivity index (χ0v) is 17.9. The third-order valence-electron chi connectivity index (χ3n) is 5.39. The van der Waals surface area contributed by atoms with E-state index in [0.717, 1.165) is 16.7 Å². The van der Waals surface area contributed by atoms with Gasteiger partial charge >= 0.3 is 5.97 Å². The van der Waals surface area contributed by atoms with Crippen LogP contribution in [0.1, 0.15) is 23.6 Å². The van der Waals surface area contributed by atoms with Crippen LogP contribution in [0.25, 0.3) is 0 Å². The lowest BCUT2D eigenvalue weighted by Crippen LogP contribution is -2.51. The molecule has 6 nitrogen and oxygen atoms in total. The minimum Gasteiger partial charge on any atom is -0.481 e. The molecule has 1 heterocycles. The molecule has 0 saturated heterocycles. The first-order chi connectivity index (χ1) is 15.0. The summed E-state index contributed by atoms with van der Waals surface area (Å²) in [7, 11) is 2.84. The molecule has 0 aliphatic rings. The van der Waals surface area contributed by atoms with Gasteiger partial charge in [0.15, 0.2) is 0 Å². The number of esters is 1. The van der Waals surface area contributed by atoms with Gasteiger partial charge in [0.2, 0.25) is 11.8 Å². The van der Waals surface area contributed by atoms with Crippen molar-refractivity contribution in [1.82, 2.24) is 10.3 Å². The molecule has 0 radical (unpaired) electrons. The van der Waals surface area contributed by atoms with Gasteiger partial charge in [0, 0.05) is 18.7 Å². The number of ether oxygens (including phenoxy) is 2. The van der Waals surface area contributed by atoms with Gasteiger partial charge in [0.05, 0.1) is 19.6 Å². The average Bonchev–Trinajstić information content (AvgIpc) is 2.84. The highest BCUT2D eigenvalue weighted by atomic mass is 16.5. The number of benzene rings is 2. The third kappa shape index (κ3) is 4.91. The van der Waals surface area contributed by atoms with Crippen molar-refractivity contribution in [2.75, 3.05) is 14.2 Å². The minimum atomic E-state index is -0.993. The molecule has 31 heavy (non-hydrogen) atoms. The topological polar surface area (TPSA) is 77.5 Å². The second kappa shape index (κ2) is 9.89. The SMILES string of the molecule is COC(=O)[C@@H](Cc1ccc(OC)nc1)NC(=O)C(C)(c1ccccc1)c1ccccc1. The van der Waals surface area contributed by atoms with Crippen LogP contribution in [-0.4, -0.2) is 37.1 Å². The van der Waals surface area contributed by atoms with E-state index >= 15 is 0 Å². The lowest BCUT2D eigenvalue weighted by molar-refractivity contribution is -0.145. The fourth-order valence-corrected chi connectivity index (χ4v) is 3.50. The summed E-state index contributed by atoms with van der Waals surface area (Å²) in [5.41, 5.74) is 1.44. The molecule has 160 valence electrons. The molecule has 6 heteroatoms. The van der Waals surface area contributed by atoms with Crippen molar-refractivity contribution in [3.8, 4) is 5.88 Å². The van der Waals surface area contributed by atoms with Crippen LogP contribution in [0, 0.1) is 0 Å². The van der Waals surface area contributed by atoms with Crippen molar-refractivity contribution >= 4 is 11.9 Å². The molecular weight excluding hydrogens is 392 g/mol. The fraction of sp³-hybridized carbons (Fsp3) is 0.240. The van der Waals surface area contributed by atoms with E-state index in [-0.39, 0.29) is 12.3 Å². The number of rotatable bonds is 8. The van der Waals surface area contributed by atoms with Crippen molar-refractivity contribution in [2.24, 2.45) is 0 Å². The van der Waals surface area contributed by atoms with Crippen molar-refractivity contribution in [3.05, 3.63) is 95.7 Å². The normalized spacial score (nSPS) is 12.0. The van der Waals surface area contributed by atoms with E-state index in [1.165, 1.54) is 14.2 Å². The lowest BCUT2D eigenvalue weighted by Gasteiger charge is -2.31. The van der Waals surface area contributed by atoms with Gasteiger partial charge in [-0.1, -0.05) is 66.7 Å². The molecule has 0 aliphatic heterocycles. The summed E-state index contributed by atoms with van der Waals surface area (Å²) in [6, 6.07) is 21.7. The minimum absolute atomic E-state index is 0.245. The van der Waals surface area contributed by atoms with E-state index in [0.29, 0.717) is 5.88 Å². The van der Waals surface area contributed by atoms with Gasteiger partial charge in [-0.3, -0.25) is 4.79 Å². The molecule has 0 spiro atoms. The Morgan fingerprint density at radius 3 is 1.97 bits per heavy atom. The summed E-state index contributed by atoms with van der Waals surface area (Å²) in [5.74, 6) is -0.336. The number of carbonyl (C=O) groups is 2. The second-order valence-electron chi connectivity index (χ2n) is 7.32. The summed E-state index contributed by atoms with van der Waals surface area (Å²) in [6.45, 7) is 1.86. The van der Waals surface area contributed by atoms with Crippen LogP contribution in [0.2, 0.25) is 0 Å². The van der Waals surface area contributed by atoms with Gasteiger partial charge in [-0.2, -0.15) is 0 Å². The summed E-state index contributed by atoms with van der Waals surface area (Å²) >= 11 is 0. The van der Waals surface area contributed by atoms with E-state index in [4.69, 9.17) is 9.47 Å². The number of nitrogens with one attached hydrogen (secondary N) is 1. The Hall–Kier alpha value is -3.67. The highest BCUT2D eigenvalue weighted by Gasteiger charge is 2.39. The van der Waals surface area contributed by atoms with Crippen molar-refractivity contribution in [2.45, 2.75) is 24.8 Å². The number of methoxy groups -OCH3 is 2. The van der Waals surface area contributed by atoms with Crippen LogP contribution in [0.15, 0.2) is 79.0 Å².